The molecule has 0 saturated carbocycles. The summed E-state index contributed by atoms with van der Waals surface area (Å²) in [7, 11) is -2.00. The largest absolute Gasteiger partial charge is 0.480 e. The fourth-order valence-electron chi connectivity index (χ4n) is 4.00. The highest BCUT2D eigenvalue weighted by atomic mass is 35.5. The van der Waals surface area contributed by atoms with Gasteiger partial charge in [-0.3, -0.25) is 14.4 Å². The van der Waals surface area contributed by atoms with Crippen molar-refractivity contribution in [2.75, 3.05) is 11.8 Å². The molecular weight excluding hydrogens is 484 g/mol. The lowest BCUT2D eigenvalue weighted by Gasteiger charge is -2.23. The van der Waals surface area contributed by atoms with Crippen LogP contribution in [0.3, 0.4) is 0 Å². The number of carboxylic acid groups (broad SMARTS) is 1. The second-order valence-electron chi connectivity index (χ2n) is 9.07. The maximum Gasteiger partial charge on any atom is 0.320 e. The Kier molecular flexibility index (Phi) is 7.94. The van der Waals surface area contributed by atoms with Crippen LogP contribution in [-0.2, 0) is 21.4 Å². The lowest BCUT2D eigenvalue weighted by atomic mass is 9.95. The predicted molar refractivity (Wildman–Crippen MR) is 142 cm³/mol. The molecule has 0 saturated heterocycles. The van der Waals surface area contributed by atoms with Gasteiger partial charge >= 0.3 is 5.97 Å². The molecule has 0 amide bonds. The van der Waals surface area contributed by atoms with E-state index in [1.165, 1.54) is 0 Å². The summed E-state index contributed by atoms with van der Waals surface area (Å²) in [4.78, 5) is 13.3. The van der Waals surface area contributed by atoms with Gasteiger partial charge in [-0.1, -0.05) is 35.9 Å². The standard InChI is InChI=1S/C27H31ClN2O4S/c1-16-10-22(11-17(2)24(16)15-30(6)20(5)27(31)32)21-8-7-9-23(14-21)29-35(33,34)26-13-18(3)25(28)12-19(26)4/h7-14,20,29H,15H2,1-6H3,(H,31,32)/t20-/m0/s1. The van der Waals surface area contributed by atoms with Crippen LogP contribution in [0.1, 0.15) is 34.7 Å². The Bertz CT molecular complexity index is 1360. The van der Waals surface area contributed by atoms with E-state index in [1.807, 2.05) is 44.2 Å². The van der Waals surface area contributed by atoms with Crippen molar-refractivity contribution in [3.8, 4) is 11.1 Å². The van der Waals surface area contributed by atoms with Crippen molar-refractivity contribution in [3.63, 3.8) is 0 Å². The van der Waals surface area contributed by atoms with Gasteiger partial charge in [0.15, 0.2) is 0 Å². The van der Waals surface area contributed by atoms with E-state index in [0.29, 0.717) is 28.4 Å². The SMILES string of the molecule is Cc1cc(S(=O)(=O)Nc2cccc(-c3cc(C)c(CN(C)[C@@H](C)C(=O)O)c(C)c3)c2)c(C)cc1Cl. The molecule has 35 heavy (non-hydrogen) atoms. The number of aliphatic carboxylic acids is 1. The molecule has 1 atom stereocenters. The van der Waals surface area contributed by atoms with Crippen molar-refractivity contribution >= 4 is 33.3 Å². The van der Waals surface area contributed by atoms with Gasteiger partial charge in [0.05, 0.1) is 4.90 Å². The van der Waals surface area contributed by atoms with Gasteiger partial charge in [0.2, 0.25) is 0 Å². The maximum absolute atomic E-state index is 13.1. The number of sulfonamides is 1. The number of carboxylic acids is 1. The Morgan fingerprint density at radius 1 is 0.971 bits per heavy atom. The van der Waals surface area contributed by atoms with Crippen molar-refractivity contribution in [1.82, 2.24) is 4.90 Å². The molecule has 3 aromatic carbocycles. The van der Waals surface area contributed by atoms with Gasteiger partial charge in [-0.05, 0) is 105 Å². The van der Waals surface area contributed by atoms with Gasteiger partial charge in [-0.2, -0.15) is 0 Å². The third kappa shape index (κ3) is 6.04. The Morgan fingerprint density at radius 2 is 1.60 bits per heavy atom. The van der Waals surface area contributed by atoms with Crippen molar-refractivity contribution in [3.05, 3.63) is 81.4 Å². The molecule has 0 heterocycles. The van der Waals surface area contributed by atoms with Gasteiger partial charge in [-0.15, -0.1) is 0 Å². The molecule has 2 N–H and O–H groups in total. The van der Waals surface area contributed by atoms with Crippen LogP contribution in [0.25, 0.3) is 11.1 Å². The summed E-state index contributed by atoms with van der Waals surface area (Å²) in [6.45, 7) is 9.69. The van der Waals surface area contributed by atoms with Crippen molar-refractivity contribution in [2.24, 2.45) is 0 Å². The molecule has 0 aromatic heterocycles. The first-order valence-electron chi connectivity index (χ1n) is 11.2. The molecule has 0 aliphatic rings. The van der Waals surface area contributed by atoms with Gasteiger partial charge in [0.25, 0.3) is 10.0 Å². The van der Waals surface area contributed by atoms with Gasteiger partial charge in [0, 0.05) is 17.3 Å². The lowest BCUT2D eigenvalue weighted by molar-refractivity contribution is -0.142. The first-order valence-corrected chi connectivity index (χ1v) is 13.1. The Hall–Kier alpha value is -2.87. The number of hydrogen-bond acceptors (Lipinski definition) is 4. The Morgan fingerprint density at radius 3 is 2.20 bits per heavy atom. The average Bonchev–Trinajstić information content (AvgIpc) is 2.77. The van der Waals surface area contributed by atoms with E-state index in [9.17, 15) is 18.3 Å². The summed E-state index contributed by atoms with van der Waals surface area (Å²) < 4.78 is 28.9. The van der Waals surface area contributed by atoms with Crippen LogP contribution in [-0.4, -0.2) is 37.5 Å². The van der Waals surface area contributed by atoms with E-state index in [0.717, 1.165) is 27.8 Å². The number of nitrogens with one attached hydrogen (secondary N) is 1. The first-order chi connectivity index (χ1) is 16.3. The van der Waals surface area contributed by atoms with E-state index < -0.39 is 22.0 Å². The van der Waals surface area contributed by atoms with E-state index in [-0.39, 0.29) is 4.90 Å². The zero-order valence-electron chi connectivity index (χ0n) is 20.8. The molecule has 0 aliphatic carbocycles. The fourth-order valence-corrected chi connectivity index (χ4v) is 5.58. The molecular formula is C27H31ClN2O4S. The van der Waals surface area contributed by atoms with Crippen LogP contribution in [0.4, 0.5) is 5.69 Å². The van der Waals surface area contributed by atoms with Crippen molar-refractivity contribution in [2.45, 2.75) is 52.1 Å². The second-order valence-corrected chi connectivity index (χ2v) is 11.1. The normalized spacial score (nSPS) is 12.6. The number of benzene rings is 3. The molecule has 0 bridgehead atoms. The lowest BCUT2D eigenvalue weighted by Crippen LogP contribution is -2.35. The molecule has 3 rings (SSSR count). The number of hydrogen-bond donors (Lipinski definition) is 2. The van der Waals surface area contributed by atoms with E-state index in [4.69, 9.17) is 11.6 Å². The molecule has 186 valence electrons. The van der Waals surface area contributed by atoms with Crippen molar-refractivity contribution in [1.29, 1.82) is 0 Å². The molecule has 0 radical (unpaired) electrons. The van der Waals surface area contributed by atoms with Crippen LogP contribution >= 0.6 is 11.6 Å². The fraction of sp³-hybridized carbons (Fsp3) is 0.296. The zero-order chi connectivity index (χ0) is 26.1. The second kappa shape index (κ2) is 10.4. The van der Waals surface area contributed by atoms with Gasteiger partial charge in [-0.25, -0.2) is 8.42 Å². The van der Waals surface area contributed by atoms with E-state index in [2.05, 4.69) is 4.72 Å². The molecule has 8 heteroatoms. The summed E-state index contributed by atoms with van der Waals surface area (Å²) >= 11 is 6.13. The number of halogens is 1. The quantitative estimate of drug-likeness (QED) is 0.388. The smallest absolute Gasteiger partial charge is 0.320 e. The summed E-state index contributed by atoms with van der Waals surface area (Å²) in [6, 6.07) is 14.0. The Labute approximate surface area is 212 Å². The zero-order valence-corrected chi connectivity index (χ0v) is 22.4. The minimum absolute atomic E-state index is 0.195. The molecule has 0 aliphatic heterocycles. The van der Waals surface area contributed by atoms with Crippen LogP contribution in [0.15, 0.2) is 53.4 Å². The highest BCUT2D eigenvalue weighted by Gasteiger charge is 2.20. The molecule has 0 spiro atoms. The first kappa shape index (κ1) is 26.7. The topological polar surface area (TPSA) is 86.7 Å². The highest BCUT2D eigenvalue weighted by Crippen LogP contribution is 2.30. The minimum Gasteiger partial charge on any atom is -0.480 e. The van der Waals surface area contributed by atoms with E-state index in [1.54, 1.807) is 50.9 Å². The third-order valence-electron chi connectivity index (χ3n) is 6.32. The summed E-state index contributed by atoms with van der Waals surface area (Å²) in [5.74, 6) is -0.859. The van der Waals surface area contributed by atoms with Gasteiger partial charge < -0.3 is 5.11 Å². The predicted octanol–water partition coefficient (Wildman–Crippen LogP) is 5.95. The number of anilines is 1. The van der Waals surface area contributed by atoms with Crippen molar-refractivity contribution < 1.29 is 18.3 Å². The van der Waals surface area contributed by atoms with Crippen LogP contribution in [0.5, 0.6) is 0 Å². The monoisotopic (exact) mass is 514 g/mol. The number of nitrogens with zero attached hydrogens (tertiary/aromatic N) is 1. The number of aryl methyl sites for hydroxylation is 4. The van der Waals surface area contributed by atoms with Crippen LogP contribution < -0.4 is 4.72 Å². The summed E-state index contributed by atoms with van der Waals surface area (Å²) in [5.41, 5.74) is 6.73. The number of likely N-dealkylation sites (N-methyl/N-ethyl adjacent to an activating group) is 1. The molecule has 0 unspecified atom stereocenters. The maximum atomic E-state index is 13.1. The third-order valence-corrected chi connectivity index (χ3v) is 8.25. The van der Waals surface area contributed by atoms with Crippen LogP contribution in [0.2, 0.25) is 5.02 Å². The van der Waals surface area contributed by atoms with Gasteiger partial charge in [0.1, 0.15) is 6.04 Å². The Balaban J connectivity index is 1.90. The average molecular weight is 515 g/mol. The summed E-state index contributed by atoms with van der Waals surface area (Å²) in [6.07, 6.45) is 0. The van der Waals surface area contributed by atoms with Crippen LogP contribution in [0, 0.1) is 27.7 Å². The minimum atomic E-state index is -3.80. The molecule has 0 fully saturated rings. The highest BCUT2D eigenvalue weighted by molar-refractivity contribution is 7.92. The molecule has 6 nitrogen and oxygen atoms in total. The number of rotatable bonds is 8. The van der Waals surface area contributed by atoms with E-state index >= 15 is 0 Å². The molecule has 3 aromatic rings. The summed E-state index contributed by atoms with van der Waals surface area (Å²) in [5, 5.41) is 9.81. The number of carbonyl (C=O) groups is 1.